The minimum Gasteiger partial charge on any atom is -0.465 e. The van der Waals surface area contributed by atoms with Gasteiger partial charge in [0.05, 0.1) is 38.7 Å². The van der Waals surface area contributed by atoms with Gasteiger partial charge in [0.2, 0.25) is 0 Å². The van der Waals surface area contributed by atoms with Crippen molar-refractivity contribution in [1.82, 2.24) is 0 Å². The molecule has 236 valence electrons. The standard InChI is InChI=1S/C35H25Br2Cl4NO4/c1-2-46-33(44)34(18-42)25(20-5-13-26(38)28(40)15-20)17-35(45,22-7-11-24(37)12-8-22)31(32(43)19-3-9-23(36)10-4-19)30(34)21-6-14-27(39)29(41)16-21/h3-16,25,30-31,45H,2,17H2,1H3/t25-,30+,31-,34+,35-/m0/s1. The number of nitriles is 1. The van der Waals surface area contributed by atoms with Crippen LogP contribution in [0.25, 0.3) is 0 Å². The smallest absolute Gasteiger partial charge is 0.327 e. The Labute approximate surface area is 303 Å². The summed E-state index contributed by atoms with van der Waals surface area (Å²) in [6, 6.07) is 25.4. The Balaban J connectivity index is 1.93. The predicted octanol–water partition coefficient (Wildman–Crippen LogP) is 10.6. The molecule has 1 saturated carbocycles. The van der Waals surface area contributed by atoms with Gasteiger partial charge in [0.1, 0.15) is 5.60 Å². The maximum atomic E-state index is 14.9. The van der Waals surface area contributed by atoms with E-state index in [4.69, 9.17) is 51.1 Å². The first kappa shape index (κ1) is 34.9. The number of rotatable bonds is 7. The van der Waals surface area contributed by atoms with Crippen LogP contribution in [0, 0.1) is 22.7 Å². The van der Waals surface area contributed by atoms with Crippen LogP contribution in [-0.2, 0) is 15.1 Å². The second-order valence-corrected chi connectivity index (χ2v) is 14.5. The van der Waals surface area contributed by atoms with Gasteiger partial charge in [-0.3, -0.25) is 9.59 Å². The fraction of sp³-hybridized carbons (Fsp3) is 0.229. The monoisotopic (exact) mass is 821 g/mol. The fourth-order valence-corrected chi connectivity index (χ4v) is 7.68. The number of ether oxygens (including phenoxy) is 1. The molecule has 5 atom stereocenters. The molecule has 46 heavy (non-hydrogen) atoms. The summed E-state index contributed by atoms with van der Waals surface area (Å²) in [4.78, 5) is 29.3. The van der Waals surface area contributed by atoms with Gasteiger partial charge in [-0.15, -0.1) is 0 Å². The van der Waals surface area contributed by atoms with Crippen molar-refractivity contribution in [3.63, 3.8) is 0 Å². The molecule has 5 nitrogen and oxygen atoms in total. The Hall–Kier alpha value is -2.41. The molecule has 1 fully saturated rings. The summed E-state index contributed by atoms with van der Waals surface area (Å²) >= 11 is 32.5. The molecule has 0 bridgehead atoms. The Morgan fingerprint density at radius 2 is 1.37 bits per heavy atom. The lowest BCUT2D eigenvalue weighted by molar-refractivity contribution is -0.164. The summed E-state index contributed by atoms with van der Waals surface area (Å²) in [7, 11) is 0. The molecule has 5 rings (SSSR count). The Morgan fingerprint density at radius 3 is 1.89 bits per heavy atom. The summed E-state index contributed by atoms with van der Waals surface area (Å²) in [5, 5.41) is 25.2. The number of halogens is 6. The van der Waals surface area contributed by atoms with Crippen LogP contribution in [0.5, 0.6) is 0 Å². The van der Waals surface area contributed by atoms with Crippen LogP contribution in [0.4, 0.5) is 0 Å². The maximum Gasteiger partial charge on any atom is 0.327 e. The highest BCUT2D eigenvalue weighted by Crippen LogP contribution is 2.64. The molecule has 4 aromatic carbocycles. The zero-order valence-electron chi connectivity index (χ0n) is 24.1. The van der Waals surface area contributed by atoms with Gasteiger partial charge in [-0.2, -0.15) is 5.26 Å². The fourth-order valence-electron chi connectivity index (χ4n) is 6.54. The van der Waals surface area contributed by atoms with Crippen LogP contribution in [0.3, 0.4) is 0 Å². The number of benzene rings is 4. The van der Waals surface area contributed by atoms with Crippen LogP contribution in [0.2, 0.25) is 20.1 Å². The molecule has 0 radical (unpaired) electrons. The van der Waals surface area contributed by atoms with E-state index in [1.54, 1.807) is 79.7 Å². The van der Waals surface area contributed by atoms with Gasteiger partial charge in [-0.25, -0.2) is 0 Å². The van der Waals surface area contributed by atoms with Crippen molar-refractivity contribution in [2.45, 2.75) is 30.8 Å². The number of Topliss-reactive ketones (excluding diaryl/α,β-unsaturated/α-hetero) is 1. The van der Waals surface area contributed by atoms with E-state index in [-0.39, 0.29) is 38.7 Å². The molecule has 0 heterocycles. The Bertz CT molecular complexity index is 1850. The van der Waals surface area contributed by atoms with Crippen molar-refractivity contribution in [1.29, 1.82) is 5.26 Å². The van der Waals surface area contributed by atoms with Crippen LogP contribution < -0.4 is 0 Å². The highest BCUT2D eigenvalue weighted by molar-refractivity contribution is 9.10. The molecule has 0 aliphatic heterocycles. The Morgan fingerprint density at radius 1 is 0.848 bits per heavy atom. The zero-order valence-corrected chi connectivity index (χ0v) is 30.3. The van der Waals surface area contributed by atoms with E-state index < -0.39 is 40.5 Å². The zero-order chi connectivity index (χ0) is 33.4. The second-order valence-electron chi connectivity index (χ2n) is 11.1. The molecule has 0 amide bonds. The van der Waals surface area contributed by atoms with Crippen molar-refractivity contribution >= 4 is 90.0 Å². The van der Waals surface area contributed by atoms with Crippen LogP contribution >= 0.6 is 78.3 Å². The number of ketones is 1. The number of aliphatic hydroxyl groups is 1. The molecule has 4 aromatic rings. The van der Waals surface area contributed by atoms with E-state index in [0.29, 0.717) is 16.7 Å². The normalized spacial score (nSPS) is 24.2. The summed E-state index contributed by atoms with van der Waals surface area (Å²) < 4.78 is 7.14. The van der Waals surface area contributed by atoms with E-state index >= 15 is 0 Å². The molecule has 0 spiro atoms. The molecule has 0 saturated heterocycles. The number of carbonyl (C=O) groups excluding carboxylic acids is 2. The summed E-state index contributed by atoms with van der Waals surface area (Å²) in [6.45, 7) is 1.60. The molecule has 1 aliphatic carbocycles. The lowest BCUT2D eigenvalue weighted by Crippen LogP contribution is -2.59. The molecule has 0 unspecified atom stereocenters. The predicted molar refractivity (Wildman–Crippen MR) is 188 cm³/mol. The molecule has 11 heteroatoms. The first-order chi connectivity index (χ1) is 21.9. The first-order valence-electron chi connectivity index (χ1n) is 14.1. The molecule has 0 aromatic heterocycles. The van der Waals surface area contributed by atoms with E-state index in [1.165, 1.54) is 12.1 Å². The number of carbonyl (C=O) groups is 2. The molecule has 1 aliphatic rings. The number of esters is 1. The minimum absolute atomic E-state index is 0.0350. The second kappa shape index (κ2) is 14.0. The van der Waals surface area contributed by atoms with Gasteiger partial charge in [0, 0.05) is 26.3 Å². The molecular weight excluding hydrogens is 800 g/mol. The number of hydrogen-bond donors (Lipinski definition) is 1. The summed E-state index contributed by atoms with van der Waals surface area (Å²) in [5.74, 6) is -5.03. The molecular formula is C35H25Br2Cl4NO4. The maximum absolute atomic E-state index is 14.9. The van der Waals surface area contributed by atoms with Crippen molar-refractivity contribution in [3.8, 4) is 6.07 Å². The summed E-state index contributed by atoms with van der Waals surface area (Å²) in [5.41, 5.74) is -2.49. The van der Waals surface area contributed by atoms with Crippen LogP contribution in [0.1, 0.15) is 52.2 Å². The third-order valence-electron chi connectivity index (χ3n) is 8.61. The topological polar surface area (TPSA) is 87.4 Å². The van der Waals surface area contributed by atoms with E-state index in [9.17, 15) is 20.0 Å². The van der Waals surface area contributed by atoms with E-state index in [2.05, 4.69) is 37.9 Å². The molecule has 1 N–H and O–H groups in total. The lowest BCUT2D eigenvalue weighted by Gasteiger charge is -2.54. The van der Waals surface area contributed by atoms with Crippen molar-refractivity contribution in [2.75, 3.05) is 6.61 Å². The first-order valence-corrected chi connectivity index (χ1v) is 17.2. The summed E-state index contributed by atoms with van der Waals surface area (Å²) in [6.07, 6.45) is -0.219. The number of hydrogen-bond acceptors (Lipinski definition) is 5. The van der Waals surface area contributed by atoms with Crippen LogP contribution in [0.15, 0.2) is 93.9 Å². The number of nitrogens with zero attached hydrogens (tertiary/aromatic N) is 1. The largest absolute Gasteiger partial charge is 0.465 e. The highest BCUT2D eigenvalue weighted by Gasteiger charge is 2.67. The van der Waals surface area contributed by atoms with Gasteiger partial charge < -0.3 is 9.84 Å². The minimum atomic E-state index is -2.05. The van der Waals surface area contributed by atoms with E-state index in [1.807, 2.05) is 0 Å². The Kier molecular flexibility index (Phi) is 10.6. The average molecular weight is 825 g/mol. The van der Waals surface area contributed by atoms with Crippen LogP contribution in [-0.4, -0.2) is 23.5 Å². The third-order valence-corrected chi connectivity index (χ3v) is 11.1. The van der Waals surface area contributed by atoms with Gasteiger partial charge >= 0.3 is 5.97 Å². The SMILES string of the molecule is CCOC(=O)[C@@]1(C#N)[C@H](c2ccc(Cl)c(Cl)c2)[C@@H](C(=O)c2ccc(Br)cc2)[C@@](O)(c2ccc(Br)cc2)C[C@H]1c1ccc(Cl)c(Cl)c1. The lowest BCUT2D eigenvalue weighted by atomic mass is 9.47. The van der Waals surface area contributed by atoms with Crippen molar-refractivity contribution < 1.29 is 19.4 Å². The van der Waals surface area contributed by atoms with E-state index in [0.717, 1.165) is 8.95 Å². The van der Waals surface area contributed by atoms with Crippen molar-refractivity contribution in [2.24, 2.45) is 11.3 Å². The van der Waals surface area contributed by atoms with Crippen molar-refractivity contribution in [3.05, 3.63) is 136 Å². The van der Waals surface area contributed by atoms with Gasteiger partial charge in [0.15, 0.2) is 11.2 Å². The quantitative estimate of drug-likeness (QED) is 0.148. The van der Waals surface area contributed by atoms with Gasteiger partial charge in [-0.1, -0.05) is 115 Å². The van der Waals surface area contributed by atoms with Gasteiger partial charge in [0.25, 0.3) is 0 Å². The van der Waals surface area contributed by atoms with Gasteiger partial charge in [-0.05, 0) is 78.6 Å². The average Bonchev–Trinajstić information content (AvgIpc) is 3.03. The third kappa shape index (κ3) is 6.26. The highest BCUT2D eigenvalue weighted by atomic mass is 79.9.